The van der Waals surface area contributed by atoms with Crippen molar-refractivity contribution in [2.45, 2.75) is 13.3 Å². The molecule has 13 heavy (non-hydrogen) atoms. The van der Waals surface area contributed by atoms with Crippen molar-refractivity contribution >= 4 is 11.5 Å². The van der Waals surface area contributed by atoms with E-state index < -0.39 is 4.92 Å². The molecule has 0 aliphatic heterocycles. The van der Waals surface area contributed by atoms with Gasteiger partial charge in [-0.25, -0.2) is 0 Å². The zero-order valence-electron chi connectivity index (χ0n) is 7.19. The number of Topliss-reactive ketones (excluding diaryl/α,β-unsaturated/α-hetero) is 1. The molecule has 0 unspecified atom stereocenters. The molecule has 0 bridgehead atoms. The molecule has 4 nitrogen and oxygen atoms in total. The molecule has 0 radical (unpaired) electrons. The summed E-state index contributed by atoms with van der Waals surface area (Å²) in [7, 11) is 0. The lowest BCUT2D eigenvalue weighted by Crippen LogP contribution is -1.96. The van der Waals surface area contributed by atoms with Gasteiger partial charge in [-0.3, -0.25) is 14.9 Å². The molecule has 0 spiro atoms. The molecule has 1 aromatic rings. The van der Waals surface area contributed by atoms with Crippen LogP contribution in [0, 0.1) is 10.1 Å². The van der Waals surface area contributed by atoms with E-state index in [0.29, 0.717) is 12.0 Å². The van der Waals surface area contributed by atoms with Crippen molar-refractivity contribution in [2.24, 2.45) is 0 Å². The second-order valence-electron chi connectivity index (χ2n) is 2.58. The molecule has 0 saturated carbocycles. The summed E-state index contributed by atoms with van der Waals surface area (Å²) in [5.74, 6) is -0.00472. The fraction of sp³-hybridized carbons (Fsp3) is 0.222. The highest BCUT2D eigenvalue weighted by Crippen LogP contribution is 2.12. The molecule has 1 rings (SSSR count). The SMILES string of the molecule is CCC(=O)c1ccc([N+](=O)[O-])cc1. The van der Waals surface area contributed by atoms with Crippen LogP contribution in [-0.2, 0) is 0 Å². The van der Waals surface area contributed by atoms with Crippen LogP contribution in [0.2, 0.25) is 0 Å². The average Bonchev–Trinajstić information content (AvgIpc) is 2.17. The second-order valence-corrected chi connectivity index (χ2v) is 2.58. The first-order valence-corrected chi connectivity index (χ1v) is 3.92. The highest BCUT2D eigenvalue weighted by atomic mass is 16.6. The number of hydrogen-bond donors (Lipinski definition) is 0. The van der Waals surface area contributed by atoms with E-state index in [9.17, 15) is 14.9 Å². The maximum absolute atomic E-state index is 11.1. The Morgan fingerprint density at radius 2 is 1.92 bits per heavy atom. The first kappa shape index (κ1) is 9.38. The molecule has 0 fully saturated rings. The van der Waals surface area contributed by atoms with Crippen LogP contribution in [-0.4, -0.2) is 10.7 Å². The molecule has 0 aliphatic carbocycles. The van der Waals surface area contributed by atoms with Crippen LogP contribution in [0.25, 0.3) is 0 Å². The third kappa shape index (κ3) is 2.11. The van der Waals surface area contributed by atoms with Crippen molar-refractivity contribution in [3.8, 4) is 0 Å². The third-order valence-electron chi connectivity index (χ3n) is 1.72. The molecular formula is C9H9NO3. The summed E-state index contributed by atoms with van der Waals surface area (Å²) in [6.07, 6.45) is 0.414. The van der Waals surface area contributed by atoms with E-state index in [1.54, 1.807) is 6.92 Å². The lowest BCUT2D eigenvalue weighted by atomic mass is 10.1. The fourth-order valence-corrected chi connectivity index (χ4v) is 0.973. The second kappa shape index (κ2) is 3.80. The normalized spacial score (nSPS) is 9.62. The number of non-ortho nitro benzene ring substituents is 1. The Morgan fingerprint density at radius 3 is 2.31 bits per heavy atom. The molecule has 1 aromatic carbocycles. The smallest absolute Gasteiger partial charge is 0.269 e. The van der Waals surface area contributed by atoms with Gasteiger partial charge in [-0.1, -0.05) is 6.92 Å². The standard InChI is InChI=1S/C9H9NO3/c1-2-9(11)7-3-5-8(6-4-7)10(12)13/h3-6H,2H2,1H3. The zero-order valence-corrected chi connectivity index (χ0v) is 7.19. The zero-order chi connectivity index (χ0) is 9.84. The van der Waals surface area contributed by atoms with Crippen LogP contribution in [0.4, 0.5) is 5.69 Å². The number of nitro groups is 1. The summed E-state index contributed by atoms with van der Waals surface area (Å²) in [6.45, 7) is 1.75. The van der Waals surface area contributed by atoms with E-state index in [0.717, 1.165) is 0 Å². The summed E-state index contributed by atoms with van der Waals surface area (Å²) in [6, 6.07) is 5.62. The molecule has 0 atom stereocenters. The average molecular weight is 179 g/mol. The van der Waals surface area contributed by atoms with Gasteiger partial charge in [0.05, 0.1) is 4.92 Å². The Morgan fingerprint density at radius 1 is 1.38 bits per heavy atom. The van der Waals surface area contributed by atoms with Gasteiger partial charge in [-0.15, -0.1) is 0 Å². The van der Waals surface area contributed by atoms with Crippen LogP contribution < -0.4 is 0 Å². The lowest BCUT2D eigenvalue weighted by Gasteiger charge is -1.95. The first-order valence-electron chi connectivity index (χ1n) is 3.92. The van der Waals surface area contributed by atoms with Crippen LogP contribution >= 0.6 is 0 Å². The number of carbonyl (C=O) groups excluding carboxylic acids is 1. The highest BCUT2D eigenvalue weighted by molar-refractivity contribution is 5.95. The van der Waals surface area contributed by atoms with Crippen molar-refractivity contribution < 1.29 is 9.72 Å². The maximum Gasteiger partial charge on any atom is 0.269 e. The summed E-state index contributed by atoms with van der Waals surface area (Å²) >= 11 is 0. The van der Waals surface area contributed by atoms with Crippen LogP contribution in [0.5, 0.6) is 0 Å². The van der Waals surface area contributed by atoms with Crippen LogP contribution in [0.1, 0.15) is 23.7 Å². The molecule has 0 heterocycles. The Bertz CT molecular complexity index is 329. The molecule has 0 N–H and O–H groups in total. The summed E-state index contributed by atoms with van der Waals surface area (Å²) in [5, 5.41) is 10.3. The van der Waals surface area contributed by atoms with E-state index in [1.165, 1.54) is 24.3 Å². The first-order chi connectivity index (χ1) is 6.15. The van der Waals surface area contributed by atoms with E-state index in [4.69, 9.17) is 0 Å². The number of benzene rings is 1. The van der Waals surface area contributed by atoms with Gasteiger partial charge in [0, 0.05) is 24.1 Å². The third-order valence-corrected chi connectivity index (χ3v) is 1.72. The van der Waals surface area contributed by atoms with Gasteiger partial charge in [0.2, 0.25) is 0 Å². The van der Waals surface area contributed by atoms with Crippen molar-refractivity contribution in [2.75, 3.05) is 0 Å². The number of nitrogens with zero attached hydrogens (tertiary/aromatic N) is 1. The number of carbonyl (C=O) groups is 1. The summed E-state index contributed by atoms with van der Waals surface area (Å²) in [5.41, 5.74) is 0.528. The van der Waals surface area contributed by atoms with Gasteiger partial charge >= 0.3 is 0 Å². The Kier molecular flexibility index (Phi) is 2.74. The van der Waals surface area contributed by atoms with Gasteiger partial charge < -0.3 is 0 Å². The minimum atomic E-state index is -0.486. The van der Waals surface area contributed by atoms with E-state index in [-0.39, 0.29) is 11.5 Å². The number of rotatable bonds is 3. The van der Waals surface area contributed by atoms with Gasteiger partial charge in [0.1, 0.15) is 0 Å². The minimum Gasteiger partial charge on any atom is -0.294 e. The molecule has 0 saturated heterocycles. The number of hydrogen-bond acceptors (Lipinski definition) is 3. The summed E-state index contributed by atoms with van der Waals surface area (Å²) in [4.78, 5) is 20.9. The highest BCUT2D eigenvalue weighted by Gasteiger charge is 2.06. The molecule has 0 amide bonds. The van der Waals surface area contributed by atoms with Crippen LogP contribution in [0.15, 0.2) is 24.3 Å². The Balaban J connectivity index is 2.93. The summed E-state index contributed by atoms with van der Waals surface area (Å²) < 4.78 is 0. The number of nitro benzene ring substituents is 1. The van der Waals surface area contributed by atoms with Gasteiger partial charge in [0.15, 0.2) is 5.78 Å². The predicted octanol–water partition coefficient (Wildman–Crippen LogP) is 2.19. The molecule has 68 valence electrons. The largest absolute Gasteiger partial charge is 0.294 e. The van der Waals surface area contributed by atoms with Crippen molar-refractivity contribution in [3.63, 3.8) is 0 Å². The predicted molar refractivity (Wildman–Crippen MR) is 47.7 cm³/mol. The van der Waals surface area contributed by atoms with E-state index >= 15 is 0 Å². The van der Waals surface area contributed by atoms with Crippen molar-refractivity contribution in [1.29, 1.82) is 0 Å². The molecular weight excluding hydrogens is 170 g/mol. The topological polar surface area (TPSA) is 60.2 Å². The Labute approximate surface area is 75.3 Å². The van der Waals surface area contributed by atoms with Gasteiger partial charge in [-0.05, 0) is 12.1 Å². The maximum atomic E-state index is 11.1. The van der Waals surface area contributed by atoms with Crippen molar-refractivity contribution in [1.82, 2.24) is 0 Å². The monoisotopic (exact) mass is 179 g/mol. The van der Waals surface area contributed by atoms with Gasteiger partial charge in [-0.2, -0.15) is 0 Å². The molecule has 0 aromatic heterocycles. The van der Waals surface area contributed by atoms with Gasteiger partial charge in [0.25, 0.3) is 5.69 Å². The van der Waals surface area contributed by atoms with E-state index in [1.807, 2.05) is 0 Å². The number of ketones is 1. The van der Waals surface area contributed by atoms with E-state index in [2.05, 4.69) is 0 Å². The van der Waals surface area contributed by atoms with Crippen molar-refractivity contribution in [3.05, 3.63) is 39.9 Å². The minimum absolute atomic E-state index is 0.00472. The lowest BCUT2D eigenvalue weighted by molar-refractivity contribution is -0.384. The fourth-order valence-electron chi connectivity index (χ4n) is 0.973. The van der Waals surface area contributed by atoms with Crippen LogP contribution in [0.3, 0.4) is 0 Å². The Hall–Kier alpha value is -1.71. The quantitative estimate of drug-likeness (QED) is 0.406. The molecule has 4 heteroatoms. The molecule has 0 aliphatic rings.